The number of carbonyl (C=O) groups is 1. The molecule has 1 aliphatic heterocycles. The molecule has 2 N–H and O–H groups in total. The number of piperazine rings is 1. The van der Waals surface area contributed by atoms with E-state index in [2.05, 4.69) is 44.3 Å². The third-order valence-corrected chi connectivity index (χ3v) is 4.55. The van der Waals surface area contributed by atoms with Gasteiger partial charge in [-0.2, -0.15) is 11.3 Å². The van der Waals surface area contributed by atoms with Gasteiger partial charge in [0.1, 0.15) is 0 Å². The van der Waals surface area contributed by atoms with Crippen molar-refractivity contribution in [2.24, 2.45) is 0 Å². The van der Waals surface area contributed by atoms with Gasteiger partial charge in [-0.05, 0) is 50.2 Å². The highest BCUT2D eigenvalue weighted by molar-refractivity contribution is 7.07. The number of amides is 2. The van der Waals surface area contributed by atoms with E-state index in [-0.39, 0.29) is 17.6 Å². The zero-order valence-corrected chi connectivity index (χ0v) is 14.9. The minimum atomic E-state index is -0.213. The number of carbonyl (C=O) groups excluding carboxylic acids is 1. The van der Waals surface area contributed by atoms with Crippen molar-refractivity contribution in [3.05, 3.63) is 22.4 Å². The number of rotatable bonds is 4. The van der Waals surface area contributed by atoms with Crippen LogP contribution in [0.4, 0.5) is 4.79 Å². The Morgan fingerprint density at radius 2 is 2.00 bits per heavy atom. The monoisotopic (exact) mass is 324 g/mol. The Morgan fingerprint density at radius 1 is 1.32 bits per heavy atom. The summed E-state index contributed by atoms with van der Waals surface area (Å²) in [6.45, 7) is 10.8. The minimum absolute atomic E-state index is 0.0955. The Hall–Kier alpha value is -1.11. The van der Waals surface area contributed by atoms with Crippen LogP contribution in [0.3, 0.4) is 0 Å². The second kappa shape index (κ2) is 7.44. The van der Waals surface area contributed by atoms with E-state index in [0.29, 0.717) is 6.54 Å². The molecule has 0 saturated carbocycles. The molecule has 1 aromatic rings. The van der Waals surface area contributed by atoms with Gasteiger partial charge >= 0.3 is 6.03 Å². The SMILES string of the molecule is CN1CCN([C@@H](CNC(=O)NC(C)(C)C)c2ccsc2)CC1. The maximum atomic E-state index is 12.0. The normalized spacial score (nSPS) is 18.9. The molecule has 0 radical (unpaired) electrons. The predicted molar refractivity (Wildman–Crippen MR) is 92.4 cm³/mol. The van der Waals surface area contributed by atoms with Gasteiger partial charge < -0.3 is 15.5 Å². The molecule has 1 aromatic heterocycles. The molecule has 0 aromatic carbocycles. The molecule has 0 bridgehead atoms. The zero-order chi connectivity index (χ0) is 16.2. The van der Waals surface area contributed by atoms with Crippen LogP contribution in [0.5, 0.6) is 0 Å². The quantitative estimate of drug-likeness (QED) is 0.892. The molecule has 0 spiro atoms. The van der Waals surface area contributed by atoms with Gasteiger partial charge in [-0.15, -0.1) is 0 Å². The molecule has 1 fully saturated rings. The largest absolute Gasteiger partial charge is 0.336 e. The summed E-state index contributed by atoms with van der Waals surface area (Å²) in [4.78, 5) is 16.8. The summed E-state index contributed by atoms with van der Waals surface area (Å²) in [7, 11) is 2.16. The lowest BCUT2D eigenvalue weighted by molar-refractivity contribution is 0.111. The molecular formula is C16H28N4OS. The average Bonchev–Trinajstić information content (AvgIpc) is 2.93. The van der Waals surface area contributed by atoms with Crippen molar-refractivity contribution in [3.8, 4) is 0 Å². The highest BCUT2D eigenvalue weighted by Gasteiger charge is 2.25. The van der Waals surface area contributed by atoms with Crippen LogP contribution in [0, 0.1) is 0 Å². The Labute approximate surface area is 137 Å². The van der Waals surface area contributed by atoms with Crippen molar-refractivity contribution in [2.45, 2.75) is 32.4 Å². The molecule has 1 saturated heterocycles. The summed E-state index contributed by atoms with van der Waals surface area (Å²) in [6.07, 6.45) is 0. The van der Waals surface area contributed by atoms with Crippen molar-refractivity contribution >= 4 is 17.4 Å². The predicted octanol–water partition coefficient (Wildman–Crippen LogP) is 2.13. The number of likely N-dealkylation sites (N-methyl/N-ethyl adjacent to an activating group) is 1. The van der Waals surface area contributed by atoms with Crippen LogP contribution < -0.4 is 10.6 Å². The van der Waals surface area contributed by atoms with Crippen molar-refractivity contribution in [1.82, 2.24) is 20.4 Å². The lowest BCUT2D eigenvalue weighted by Gasteiger charge is -2.38. The number of nitrogens with zero attached hydrogens (tertiary/aromatic N) is 2. The summed E-state index contributed by atoms with van der Waals surface area (Å²) in [5, 5.41) is 10.3. The molecule has 1 aliphatic rings. The standard InChI is InChI=1S/C16H28N4OS/c1-16(2,3)18-15(21)17-11-14(13-5-10-22-12-13)20-8-6-19(4)7-9-20/h5,10,12,14H,6-9,11H2,1-4H3,(H2,17,18,21)/t14-/m0/s1. The number of urea groups is 1. The smallest absolute Gasteiger partial charge is 0.315 e. The number of hydrogen-bond donors (Lipinski definition) is 2. The van der Waals surface area contributed by atoms with Crippen LogP contribution in [0.15, 0.2) is 16.8 Å². The highest BCUT2D eigenvalue weighted by Crippen LogP contribution is 2.23. The van der Waals surface area contributed by atoms with Gasteiger partial charge in [0.2, 0.25) is 0 Å². The van der Waals surface area contributed by atoms with E-state index in [1.807, 2.05) is 20.8 Å². The van der Waals surface area contributed by atoms with Crippen molar-refractivity contribution in [3.63, 3.8) is 0 Å². The minimum Gasteiger partial charge on any atom is -0.336 e. The summed E-state index contributed by atoms with van der Waals surface area (Å²) >= 11 is 1.71. The second-order valence-electron chi connectivity index (χ2n) is 7.00. The molecule has 6 heteroatoms. The van der Waals surface area contributed by atoms with Crippen molar-refractivity contribution in [2.75, 3.05) is 39.8 Å². The van der Waals surface area contributed by atoms with Gasteiger partial charge in [-0.25, -0.2) is 4.79 Å². The van der Waals surface area contributed by atoms with Crippen LogP contribution in [0.25, 0.3) is 0 Å². The van der Waals surface area contributed by atoms with Crippen LogP contribution in [0.1, 0.15) is 32.4 Å². The third kappa shape index (κ3) is 5.26. The van der Waals surface area contributed by atoms with Crippen LogP contribution in [0.2, 0.25) is 0 Å². The van der Waals surface area contributed by atoms with Gasteiger partial charge in [-0.3, -0.25) is 4.90 Å². The van der Waals surface area contributed by atoms with Gasteiger partial charge in [0, 0.05) is 38.3 Å². The lowest BCUT2D eigenvalue weighted by atomic mass is 10.1. The Morgan fingerprint density at radius 3 is 2.55 bits per heavy atom. The topological polar surface area (TPSA) is 47.6 Å². The third-order valence-electron chi connectivity index (χ3n) is 3.85. The first-order valence-electron chi connectivity index (χ1n) is 7.86. The van der Waals surface area contributed by atoms with Crippen molar-refractivity contribution in [1.29, 1.82) is 0 Å². The molecule has 124 valence electrons. The van der Waals surface area contributed by atoms with Crippen LogP contribution >= 0.6 is 11.3 Å². The molecular weight excluding hydrogens is 296 g/mol. The Balaban J connectivity index is 1.96. The first kappa shape index (κ1) is 17.2. The van der Waals surface area contributed by atoms with E-state index in [1.54, 1.807) is 11.3 Å². The fourth-order valence-corrected chi connectivity index (χ4v) is 3.34. The van der Waals surface area contributed by atoms with E-state index < -0.39 is 0 Å². The fraction of sp³-hybridized carbons (Fsp3) is 0.688. The molecule has 0 unspecified atom stereocenters. The van der Waals surface area contributed by atoms with Gasteiger partial charge in [0.05, 0.1) is 6.04 Å². The number of nitrogens with one attached hydrogen (secondary N) is 2. The van der Waals surface area contributed by atoms with Gasteiger partial charge in [0.15, 0.2) is 0 Å². The Kier molecular flexibility index (Phi) is 5.83. The van der Waals surface area contributed by atoms with E-state index >= 15 is 0 Å². The van der Waals surface area contributed by atoms with Crippen LogP contribution in [-0.2, 0) is 0 Å². The summed E-state index contributed by atoms with van der Waals surface area (Å²) in [5.41, 5.74) is 1.08. The summed E-state index contributed by atoms with van der Waals surface area (Å²) in [5.74, 6) is 0. The first-order valence-corrected chi connectivity index (χ1v) is 8.80. The zero-order valence-electron chi connectivity index (χ0n) is 14.1. The summed E-state index contributed by atoms with van der Waals surface area (Å²) < 4.78 is 0. The first-order chi connectivity index (χ1) is 10.3. The molecule has 2 amide bonds. The molecule has 2 rings (SSSR count). The average molecular weight is 324 g/mol. The summed E-state index contributed by atoms with van der Waals surface area (Å²) in [6, 6.07) is 2.32. The van der Waals surface area contributed by atoms with E-state index in [4.69, 9.17) is 0 Å². The fourth-order valence-electron chi connectivity index (χ4n) is 2.63. The maximum Gasteiger partial charge on any atom is 0.315 e. The maximum absolute atomic E-state index is 12.0. The second-order valence-corrected chi connectivity index (χ2v) is 7.78. The highest BCUT2D eigenvalue weighted by atomic mass is 32.1. The molecule has 1 atom stereocenters. The lowest BCUT2D eigenvalue weighted by Crippen LogP contribution is -2.51. The van der Waals surface area contributed by atoms with E-state index in [9.17, 15) is 4.79 Å². The Bertz CT molecular complexity index is 461. The number of thiophene rings is 1. The molecule has 22 heavy (non-hydrogen) atoms. The van der Waals surface area contributed by atoms with E-state index in [0.717, 1.165) is 26.2 Å². The number of hydrogen-bond acceptors (Lipinski definition) is 4. The van der Waals surface area contributed by atoms with Crippen LogP contribution in [-0.4, -0.2) is 61.1 Å². The van der Waals surface area contributed by atoms with E-state index in [1.165, 1.54) is 5.56 Å². The molecule has 5 nitrogen and oxygen atoms in total. The molecule has 0 aliphatic carbocycles. The van der Waals surface area contributed by atoms with Gasteiger partial charge in [0.25, 0.3) is 0 Å². The van der Waals surface area contributed by atoms with Crippen molar-refractivity contribution < 1.29 is 4.79 Å². The molecule has 2 heterocycles. The van der Waals surface area contributed by atoms with Gasteiger partial charge in [-0.1, -0.05) is 0 Å².